The molecule has 2 aliphatic heterocycles. The number of pyridine rings is 1. The van der Waals surface area contributed by atoms with E-state index in [0.29, 0.717) is 6.10 Å². The van der Waals surface area contributed by atoms with Crippen molar-refractivity contribution < 1.29 is 39.5 Å². The van der Waals surface area contributed by atoms with Crippen LogP contribution >= 0.6 is 0 Å². The summed E-state index contributed by atoms with van der Waals surface area (Å²) in [5.74, 6) is -4.17. The normalized spacial score (nSPS) is 17.6. The van der Waals surface area contributed by atoms with Gasteiger partial charge in [0.15, 0.2) is 5.60 Å². The van der Waals surface area contributed by atoms with Crippen LogP contribution in [0.3, 0.4) is 0 Å². The number of carbonyl (C=O) groups is 3. The molecule has 14 heteroatoms. The fraction of sp³-hybridized carbons (Fsp3) is 0.556. The summed E-state index contributed by atoms with van der Waals surface area (Å²) in [7, 11) is 2.16. The molecular formula is C27H38N6O8. The number of aromatic nitrogens is 3. The molecule has 0 aliphatic carbocycles. The molecule has 0 amide bonds. The van der Waals surface area contributed by atoms with Crippen LogP contribution in [0.4, 0.5) is 5.95 Å². The molecule has 0 radical (unpaired) electrons. The lowest BCUT2D eigenvalue weighted by molar-refractivity contribution is -0.170. The van der Waals surface area contributed by atoms with Crippen molar-refractivity contribution in [1.29, 1.82) is 0 Å². The molecule has 0 aromatic carbocycles. The maximum atomic E-state index is 10.3. The van der Waals surface area contributed by atoms with Gasteiger partial charge in [-0.2, -0.15) is 0 Å². The van der Waals surface area contributed by atoms with Gasteiger partial charge in [-0.05, 0) is 38.1 Å². The van der Waals surface area contributed by atoms with E-state index in [1.54, 1.807) is 0 Å². The molecule has 224 valence electrons. The number of aliphatic hydroxyl groups is 1. The highest BCUT2D eigenvalue weighted by molar-refractivity contribution is 5.88. The zero-order chi connectivity index (χ0) is 29.8. The van der Waals surface area contributed by atoms with Gasteiger partial charge in [-0.25, -0.2) is 14.8 Å². The van der Waals surface area contributed by atoms with Gasteiger partial charge in [-0.15, -0.1) is 0 Å². The van der Waals surface area contributed by atoms with E-state index >= 15 is 0 Å². The lowest BCUT2D eigenvalue weighted by atomic mass is 9.96. The summed E-state index contributed by atoms with van der Waals surface area (Å²) in [4.78, 5) is 51.4. The van der Waals surface area contributed by atoms with Crippen LogP contribution in [0, 0.1) is 0 Å². The van der Waals surface area contributed by atoms with Crippen LogP contribution < -0.4 is 4.90 Å². The quantitative estimate of drug-likeness (QED) is 0.275. The maximum absolute atomic E-state index is 10.3. The Bertz CT molecular complexity index is 1120. The smallest absolute Gasteiger partial charge is 0.336 e. The Morgan fingerprint density at radius 2 is 1.66 bits per heavy atom. The molecule has 41 heavy (non-hydrogen) atoms. The average Bonchev–Trinajstić information content (AvgIpc) is 3.42. The van der Waals surface area contributed by atoms with Crippen LogP contribution in [0.25, 0.3) is 0 Å². The van der Waals surface area contributed by atoms with E-state index in [4.69, 9.17) is 30.1 Å². The summed E-state index contributed by atoms with van der Waals surface area (Å²) < 4.78 is 5.88. The number of piperazine rings is 1. The van der Waals surface area contributed by atoms with Crippen LogP contribution in [-0.2, 0) is 32.2 Å². The first-order valence-corrected chi connectivity index (χ1v) is 13.4. The van der Waals surface area contributed by atoms with Gasteiger partial charge in [0.2, 0.25) is 5.95 Å². The molecule has 4 heterocycles. The third-order valence-electron chi connectivity index (χ3n) is 6.76. The van der Waals surface area contributed by atoms with Crippen molar-refractivity contribution in [2.45, 2.75) is 50.5 Å². The van der Waals surface area contributed by atoms with Gasteiger partial charge in [-0.3, -0.25) is 19.5 Å². The van der Waals surface area contributed by atoms with E-state index < -0.39 is 36.4 Å². The van der Waals surface area contributed by atoms with Gasteiger partial charge < -0.3 is 35.0 Å². The topological polar surface area (TPSA) is 190 Å². The summed E-state index contributed by atoms with van der Waals surface area (Å²) in [6, 6.07) is 8.11. The van der Waals surface area contributed by atoms with E-state index in [1.165, 1.54) is 0 Å². The van der Waals surface area contributed by atoms with Gasteiger partial charge in [0.25, 0.3) is 0 Å². The molecule has 2 aromatic heterocycles. The number of hydrogen-bond donors (Lipinski definition) is 4. The lowest BCUT2D eigenvalue weighted by Gasteiger charge is -2.32. The number of aliphatic carboxylic acids is 3. The summed E-state index contributed by atoms with van der Waals surface area (Å²) in [5, 5.41) is 33.8. The van der Waals surface area contributed by atoms with Crippen LogP contribution in [0.15, 0.2) is 36.7 Å². The van der Waals surface area contributed by atoms with Crippen molar-refractivity contribution in [3.63, 3.8) is 0 Å². The van der Waals surface area contributed by atoms with Crippen LogP contribution in [0.2, 0.25) is 0 Å². The van der Waals surface area contributed by atoms with Gasteiger partial charge >= 0.3 is 17.9 Å². The number of hydrogen-bond acceptors (Lipinski definition) is 11. The lowest BCUT2D eigenvalue weighted by Crippen LogP contribution is -2.45. The first-order chi connectivity index (χ1) is 19.5. The Kier molecular flexibility index (Phi) is 11.9. The molecule has 1 atom stereocenters. The van der Waals surface area contributed by atoms with Crippen LogP contribution in [0.5, 0.6) is 0 Å². The minimum absolute atomic E-state index is 0.308. The highest BCUT2D eigenvalue weighted by Gasteiger charge is 2.40. The zero-order valence-electron chi connectivity index (χ0n) is 23.1. The molecule has 2 aromatic rings. The fourth-order valence-corrected chi connectivity index (χ4v) is 4.56. The monoisotopic (exact) mass is 574 g/mol. The minimum atomic E-state index is -2.74. The Morgan fingerprint density at radius 3 is 2.22 bits per heavy atom. The molecule has 2 fully saturated rings. The van der Waals surface area contributed by atoms with Gasteiger partial charge in [0.05, 0.1) is 30.3 Å². The average molecular weight is 575 g/mol. The molecule has 4 N–H and O–H groups in total. The molecule has 4 rings (SSSR count). The van der Waals surface area contributed by atoms with E-state index in [-0.39, 0.29) is 0 Å². The molecule has 2 aliphatic rings. The number of anilines is 1. The number of rotatable bonds is 12. The second-order valence-electron chi connectivity index (χ2n) is 10.2. The first-order valence-electron chi connectivity index (χ1n) is 13.4. The third kappa shape index (κ3) is 10.6. The van der Waals surface area contributed by atoms with E-state index in [0.717, 1.165) is 82.6 Å². The largest absolute Gasteiger partial charge is 0.481 e. The number of carboxylic acid groups (broad SMARTS) is 3. The van der Waals surface area contributed by atoms with E-state index in [1.807, 2.05) is 30.6 Å². The van der Waals surface area contributed by atoms with Crippen LogP contribution in [-0.4, -0.2) is 121 Å². The molecule has 0 bridgehead atoms. The summed E-state index contributed by atoms with van der Waals surface area (Å²) in [6.45, 7) is 7.43. The van der Waals surface area contributed by atoms with Gasteiger partial charge in [0, 0.05) is 64.8 Å². The van der Waals surface area contributed by atoms with E-state index in [2.05, 4.69) is 37.8 Å². The van der Waals surface area contributed by atoms with Gasteiger partial charge in [-0.1, -0.05) is 6.07 Å². The standard InChI is InChI=1S/C21H30N6O.C6H8O7/c1-25-10-12-27(13-11-25)21-23-9-7-19(24-21)16-26(17-20-6-4-14-28-20)15-18-5-2-3-8-22-18;7-3(8)1-6(13,5(11)12)2-4(9)10/h2-3,5,7-9,20H,4,6,10-17H2,1H3;13H,1-2H2,(H,7,8)(H,9,10)(H,11,12). The van der Waals surface area contributed by atoms with Crippen molar-refractivity contribution in [1.82, 2.24) is 24.8 Å². The van der Waals surface area contributed by atoms with Crippen molar-refractivity contribution in [3.8, 4) is 0 Å². The van der Waals surface area contributed by atoms with Crippen molar-refractivity contribution >= 4 is 23.9 Å². The van der Waals surface area contributed by atoms with Crippen molar-refractivity contribution in [2.24, 2.45) is 0 Å². The fourth-order valence-electron chi connectivity index (χ4n) is 4.56. The second kappa shape index (κ2) is 15.3. The molecular weight excluding hydrogens is 536 g/mol. The summed E-state index contributed by atoms with van der Waals surface area (Å²) in [5.41, 5.74) is -0.607. The Hall–Kier alpha value is -3.72. The van der Waals surface area contributed by atoms with Gasteiger partial charge in [0.1, 0.15) is 0 Å². The molecule has 0 spiro atoms. The Balaban J connectivity index is 0.000000302. The predicted octanol–water partition coefficient (Wildman–Crippen LogP) is 0.556. The number of carboxylic acids is 3. The highest BCUT2D eigenvalue weighted by atomic mass is 16.5. The second-order valence-corrected chi connectivity index (χ2v) is 10.2. The Morgan fingerprint density at radius 1 is 0.976 bits per heavy atom. The molecule has 1 unspecified atom stereocenters. The summed E-state index contributed by atoms with van der Waals surface area (Å²) in [6.07, 6.45) is 4.06. The highest BCUT2D eigenvalue weighted by Crippen LogP contribution is 2.18. The Labute approximate surface area is 238 Å². The molecule has 14 nitrogen and oxygen atoms in total. The number of likely N-dealkylation sites (N-methyl/N-ethyl adjacent to an activating group) is 1. The number of ether oxygens (including phenoxy) is 1. The zero-order valence-corrected chi connectivity index (χ0v) is 23.1. The number of nitrogens with zero attached hydrogens (tertiary/aromatic N) is 6. The third-order valence-corrected chi connectivity index (χ3v) is 6.76. The SMILES string of the molecule is CN1CCN(c2nccc(CN(Cc3ccccn3)CC3CCCO3)n2)CC1.O=C(O)CC(O)(CC(=O)O)C(=O)O. The van der Waals surface area contributed by atoms with Crippen molar-refractivity contribution in [3.05, 3.63) is 48.0 Å². The maximum Gasteiger partial charge on any atom is 0.336 e. The molecule has 2 saturated heterocycles. The predicted molar refractivity (Wildman–Crippen MR) is 146 cm³/mol. The summed E-state index contributed by atoms with van der Waals surface area (Å²) >= 11 is 0. The minimum Gasteiger partial charge on any atom is -0.481 e. The van der Waals surface area contributed by atoms with Crippen molar-refractivity contribution in [2.75, 3.05) is 51.3 Å². The van der Waals surface area contributed by atoms with E-state index in [9.17, 15) is 14.4 Å². The first kappa shape index (κ1) is 31.8. The molecule has 0 saturated carbocycles. The van der Waals surface area contributed by atoms with Crippen LogP contribution in [0.1, 0.15) is 37.1 Å².